The number of likely N-dealkylation sites (tertiary alicyclic amines) is 1. The van der Waals surface area contributed by atoms with Gasteiger partial charge in [0.1, 0.15) is 5.82 Å². The zero-order valence-electron chi connectivity index (χ0n) is 17.5. The van der Waals surface area contributed by atoms with Crippen molar-refractivity contribution in [3.05, 3.63) is 47.2 Å². The van der Waals surface area contributed by atoms with Crippen LogP contribution in [0.2, 0.25) is 5.02 Å². The Balaban J connectivity index is 1.46. The summed E-state index contributed by atoms with van der Waals surface area (Å²) in [5.74, 6) is 0.0299. The number of carbonyl (C=O) groups is 1. The lowest BCUT2D eigenvalue weighted by molar-refractivity contribution is -0.121. The number of H-pyrrole nitrogens is 1. The molecule has 0 bridgehead atoms. The van der Waals surface area contributed by atoms with Gasteiger partial charge in [0.25, 0.3) is 0 Å². The van der Waals surface area contributed by atoms with Crippen LogP contribution in [0.25, 0.3) is 22.0 Å². The molecule has 0 saturated carbocycles. The van der Waals surface area contributed by atoms with E-state index in [0.29, 0.717) is 22.0 Å². The van der Waals surface area contributed by atoms with Gasteiger partial charge in [-0.1, -0.05) is 23.7 Å². The van der Waals surface area contributed by atoms with Crippen LogP contribution in [0, 0.1) is 11.7 Å². The third-order valence-electron chi connectivity index (χ3n) is 5.92. The van der Waals surface area contributed by atoms with E-state index in [1.807, 2.05) is 19.2 Å². The van der Waals surface area contributed by atoms with E-state index in [1.165, 1.54) is 6.07 Å². The fourth-order valence-corrected chi connectivity index (χ4v) is 4.43. The molecule has 0 radical (unpaired) electrons. The highest BCUT2D eigenvalue weighted by Gasteiger charge is 2.25. The van der Waals surface area contributed by atoms with Crippen molar-refractivity contribution < 1.29 is 9.18 Å². The van der Waals surface area contributed by atoms with E-state index in [1.54, 1.807) is 18.2 Å². The molecule has 4 rings (SSSR count). The maximum absolute atomic E-state index is 14.4. The van der Waals surface area contributed by atoms with Gasteiger partial charge in [0.2, 0.25) is 5.91 Å². The van der Waals surface area contributed by atoms with Crippen molar-refractivity contribution in [2.45, 2.75) is 19.3 Å². The number of anilines is 1. The van der Waals surface area contributed by atoms with E-state index < -0.39 is 0 Å². The van der Waals surface area contributed by atoms with Crippen molar-refractivity contribution in [3.63, 3.8) is 0 Å². The summed E-state index contributed by atoms with van der Waals surface area (Å²) >= 11 is 6.23. The first-order valence-corrected chi connectivity index (χ1v) is 11.0. The average Bonchev–Trinajstić information content (AvgIpc) is 3.16. The smallest absolute Gasteiger partial charge is 0.228 e. The Morgan fingerprint density at radius 2 is 2.10 bits per heavy atom. The van der Waals surface area contributed by atoms with Crippen molar-refractivity contribution in [3.8, 4) is 11.1 Å². The number of fused-ring (bicyclic) bond motifs is 1. The second-order valence-corrected chi connectivity index (χ2v) is 8.40. The SMILES string of the molecule is CNCCCN1CCC(C(=O)Nc2n[nH]c3ccc(-c4c(F)cccc4Cl)cc23)CC1. The fourth-order valence-electron chi connectivity index (χ4n) is 4.16. The summed E-state index contributed by atoms with van der Waals surface area (Å²) < 4.78 is 14.4. The van der Waals surface area contributed by atoms with E-state index in [0.717, 1.165) is 56.3 Å². The van der Waals surface area contributed by atoms with Crippen LogP contribution in [0.3, 0.4) is 0 Å². The number of rotatable bonds is 7. The molecule has 3 N–H and O–H groups in total. The Morgan fingerprint density at radius 3 is 2.84 bits per heavy atom. The predicted molar refractivity (Wildman–Crippen MR) is 123 cm³/mol. The molecule has 1 aromatic heterocycles. The molecule has 31 heavy (non-hydrogen) atoms. The molecule has 0 unspecified atom stereocenters. The molecular formula is C23H27ClFN5O. The fraction of sp³-hybridized carbons (Fsp3) is 0.391. The zero-order valence-corrected chi connectivity index (χ0v) is 18.3. The van der Waals surface area contributed by atoms with Crippen LogP contribution >= 0.6 is 11.6 Å². The highest BCUT2D eigenvalue weighted by atomic mass is 35.5. The van der Waals surface area contributed by atoms with Crippen LogP contribution in [0.15, 0.2) is 36.4 Å². The minimum atomic E-state index is -0.387. The Morgan fingerprint density at radius 1 is 1.29 bits per heavy atom. The predicted octanol–water partition coefficient (Wildman–Crippen LogP) is 4.28. The van der Waals surface area contributed by atoms with Crippen molar-refractivity contribution in [2.75, 3.05) is 38.5 Å². The topological polar surface area (TPSA) is 73.1 Å². The van der Waals surface area contributed by atoms with E-state index in [4.69, 9.17) is 11.6 Å². The standard InChI is InChI=1S/C23H27ClFN5O/c1-26-10-3-11-30-12-8-15(9-13-30)23(31)27-22-17-14-16(6-7-20(17)28-29-22)21-18(24)4-2-5-19(21)25/h2,4-7,14-15,26H,3,8-13H2,1H3,(H2,27,28,29,31). The number of aromatic amines is 1. The van der Waals surface area contributed by atoms with Gasteiger partial charge in [0.05, 0.1) is 10.5 Å². The lowest BCUT2D eigenvalue weighted by Gasteiger charge is -2.31. The van der Waals surface area contributed by atoms with E-state index in [2.05, 4.69) is 25.7 Å². The Kier molecular flexibility index (Phi) is 6.85. The van der Waals surface area contributed by atoms with Gasteiger partial charge in [-0.15, -0.1) is 0 Å². The highest BCUT2D eigenvalue weighted by Crippen LogP contribution is 2.34. The number of hydrogen-bond acceptors (Lipinski definition) is 4. The number of carbonyl (C=O) groups excluding carboxylic acids is 1. The molecule has 1 amide bonds. The van der Waals surface area contributed by atoms with Crippen molar-refractivity contribution in [1.82, 2.24) is 20.4 Å². The number of amides is 1. The van der Waals surface area contributed by atoms with Gasteiger partial charge in [-0.05, 0) is 82.3 Å². The number of hydrogen-bond donors (Lipinski definition) is 3. The van der Waals surface area contributed by atoms with Gasteiger partial charge in [0.15, 0.2) is 5.82 Å². The molecule has 1 aliphatic heterocycles. The van der Waals surface area contributed by atoms with Gasteiger partial charge in [0, 0.05) is 16.9 Å². The normalized spacial score (nSPS) is 15.5. The van der Waals surface area contributed by atoms with Crippen LogP contribution in [0.5, 0.6) is 0 Å². The summed E-state index contributed by atoms with van der Waals surface area (Å²) in [6.45, 7) is 3.92. The maximum Gasteiger partial charge on any atom is 0.228 e. The molecule has 1 saturated heterocycles. The summed E-state index contributed by atoms with van der Waals surface area (Å²) in [5, 5.41) is 14.4. The molecule has 164 valence electrons. The van der Waals surface area contributed by atoms with Crippen LogP contribution in [0.1, 0.15) is 19.3 Å². The lowest BCUT2D eigenvalue weighted by atomic mass is 9.95. The van der Waals surface area contributed by atoms with E-state index >= 15 is 0 Å². The largest absolute Gasteiger partial charge is 0.320 e. The third-order valence-corrected chi connectivity index (χ3v) is 6.23. The number of aromatic nitrogens is 2. The number of halogens is 2. The minimum Gasteiger partial charge on any atom is -0.320 e. The molecule has 0 spiro atoms. The van der Waals surface area contributed by atoms with Gasteiger partial charge in [-0.2, -0.15) is 5.10 Å². The van der Waals surface area contributed by atoms with Gasteiger partial charge >= 0.3 is 0 Å². The second kappa shape index (κ2) is 9.77. The van der Waals surface area contributed by atoms with Gasteiger partial charge in [-0.25, -0.2) is 4.39 Å². The van der Waals surface area contributed by atoms with Crippen molar-refractivity contribution in [2.24, 2.45) is 5.92 Å². The van der Waals surface area contributed by atoms with Crippen LogP contribution in [0.4, 0.5) is 10.2 Å². The van der Waals surface area contributed by atoms with Gasteiger partial charge < -0.3 is 15.5 Å². The zero-order chi connectivity index (χ0) is 21.8. The monoisotopic (exact) mass is 443 g/mol. The minimum absolute atomic E-state index is 0.0161. The number of benzene rings is 2. The van der Waals surface area contributed by atoms with Crippen LogP contribution in [-0.4, -0.2) is 54.2 Å². The van der Waals surface area contributed by atoms with Gasteiger partial charge in [-0.3, -0.25) is 9.89 Å². The summed E-state index contributed by atoms with van der Waals surface area (Å²) in [5.41, 5.74) is 1.75. The summed E-state index contributed by atoms with van der Waals surface area (Å²) in [6, 6.07) is 10.0. The molecule has 1 fully saturated rings. The molecule has 8 heteroatoms. The summed E-state index contributed by atoms with van der Waals surface area (Å²) in [6.07, 6.45) is 2.79. The average molecular weight is 444 g/mol. The lowest BCUT2D eigenvalue weighted by Crippen LogP contribution is -2.39. The quantitative estimate of drug-likeness (QED) is 0.476. The number of piperidine rings is 1. The molecule has 1 aliphatic rings. The van der Waals surface area contributed by atoms with Crippen molar-refractivity contribution in [1.29, 1.82) is 0 Å². The number of nitrogens with one attached hydrogen (secondary N) is 3. The molecule has 2 aromatic carbocycles. The van der Waals surface area contributed by atoms with Crippen LogP contribution in [-0.2, 0) is 4.79 Å². The molecular weight excluding hydrogens is 417 g/mol. The Bertz CT molecular complexity index is 1040. The summed E-state index contributed by atoms with van der Waals surface area (Å²) in [7, 11) is 1.96. The first-order chi connectivity index (χ1) is 15.1. The third kappa shape index (κ3) is 4.89. The Labute approximate surface area is 186 Å². The van der Waals surface area contributed by atoms with Crippen molar-refractivity contribution >= 4 is 34.2 Å². The first kappa shape index (κ1) is 21.7. The second-order valence-electron chi connectivity index (χ2n) is 7.99. The van der Waals surface area contributed by atoms with Crippen LogP contribution < -0.4 is 10.6 Å². The maximum atomic E-state index is 14.4. The Hall–Kier alpha value is -2.48. The highest BCUT2D eigenvalue weighted by molar-refractivity contribution is 6.33. The number of nitrogens with zero attached hydrogens (tertiary/aromatic N) is 2. The van der Waals surface area contributed by atoms with E-state index in [9.17, 15) is 9.18 Å². The molecule has 3 aromatic rings. The summed E-state index contributed by atoms with van der Waals surface area (Å²) in [4.78, 5) is 15.3. The first-order valence-electron chi connectivity index (χ1n) is 10.7. The molecule has 0 aliphatic carbocycles. The molecule has 6 nitrogen and oxygen atoms in total. The molecule has 0 atom stereocenters. The molecule has 2 heterocycles. The van der Waals surface area contributed by atoms with E-state index in [-0.39, 0.29) is 17.6 Å².